The molecule has 134 valence electrons. The number of aryl methyl sites for hydroxylation is 2. The lowest BCUT2D eigenvalue weighted by atomic mass is 10.2. The highest BCUT2D eigenvalue weighted by molar-refractivity contribution is 9.10. The van der Waals surface area contributed by atoms with Gasteiger partial charge in [-0.15, -0.1) is 0 Å². The predicted octanol–water partition coefficient (Wildman–Crippen LogP) is 5.56. The first kappa shape index (κ1) is 17.5. The van der Waals surface area contributed by atoms with Crippen LogP contribution in [0.15, 0.2) is 76.0 Å². The molecular weight excluding hydrogens is 404 g/mol. The second-order valence-electron chi connectivity index (χ2n) is 6.37. The minimum atomic E-state index is -0.0917. The van der Waals surface area contributed by atoms with Gasteiger partial charge < -0.3 is 4.74 Å². The number of nitrogens with zero attached hydrogens (tertiary/aromatic N) is 2. The highest BCUT2D eigenvalue weighted by Gasteiger charge is 2.10. The van der Waals surface area contributed by atoms with Crippen LogP contribution in [0, 0.1) is 13.8 Å². The third kappa shape index (κ3) is 3.51. The first-order chi connectivity index (χ1) is 13.0. The molecule has 4 aromatic rings. The third-order valence-electron chi connectivity index (χ3n) is 4.35. The van der Waals surface area contributed by atoms with Gasteiger partial charge in [-0.25, -0.2) is 4.98 Å². The molecule has 0 fully saturated rings. The van der Waals surface area contributed by atoms with Crippen molar-refractivity contribution < 1.29 is 4.74 Å². The first-order valence-electron chi connectivity index (χ1n) is 8.55. The second kappa shape index (κ2) is 7.00. The van der Waals surface area contributed by atoms with E-state index in [1.165, 1.54) is 5.56 Å². The Kier molecular flexibility index (Phi) is 4.54. The Morgan fingerprint density at radius 3 is 2.19 bits per heavy atom. The largest absolute Gasteiger partial charge is 0.457 e. The maximum atomic E-state index is 13.0. The van der Waals surface area contributed by atoms with Crippen LogP contribution in [0.5, 0.6) is 11.5 Å². The van der Waals surface area contributed by atoms with Crippen molar-refractivity contribution in [3.8, 4) is 17.2 Å². The van der Waals surface area contributed by atoms with Crippen molar-refractivity contribution in [2.24, 2.45) is 0 Å². The standard InChI is InChI=1S/C22H17BrN2O2/c1-14-3-8-18(9-4-14)27-19-10-6-17(7-11-19)25-15(2)24-21-12-5-16(23)13-20(21)22(25)26/h3-13H,1-2H3. The third-order valence-corrected chi connectivity index (χ3v) is 4.84. The van der Waals surface area contributed by atoms with Crippen molar-refractivity contribution in [3.63, 3.8) is 0 Å². The van der Waals surface area contributed by atoms with Crippen LogP contribution in [-0.4, -0.2) is 9.55 Å². The van der Waals surface area contributed by atoms with Gasteiger partial charge in [0, 0.05) is 4.47 Å². The van der Waals surface area contributed by atoms with E-state index in [0.717, 1.165) is 15.9 Å². The highest BCUT2D eigenvalue weighted by atomic mass is 79.9. The molecule has 1 aromatic heterocycles. The first-order valence-corrected chi connectivity index (χ1v) is 9.34. The molecule has 0 atom stereocenters. The Morgan fingerprint density at radius 1 is 0.889 bits per heavy atom. The molecule has 0 radical (unpaired) electrons. The molecule has 0 aliphatic rings. The van der Waals surface area contributed by atoms with E-state index in [1.54, 1.807) is 10.6 Å². The number of fused-ring (bicyclic) bond motifs is 1. The molecule has 0 amide bonds. The predicted molar refractivity (Wildman–Crippen MR) is 111 cm³/mol. The number of aromatic nitrogens is 2. The van der Waals surface area contributed by atoms with Crippen LogP contribution in [0.1, 0.15) is 11.4 Å². The molecule has 3 aromatic carbocycles. The fraction of sp³-hybridized carbons (Fsp3) is 0.0909. The fourth-order valence-corrected chi connectivity index (χ4v) is 3.34. The van der Waals surface area contributed by atoms with E-state index in [1.807, 2.05) is 74.5 Å². The normalized spacial score (nSPS) is 10.9. The summed E-state index contributed by atoms with van der Waals surface area (Å²) in [4.78, 5) is 17.5. The zero-order valence-corrected chi connectivity index (χ0v) is 16.5. The average Bonchev–Trinajstić information content (AvgIpc) is 2.66. The number of benzene rings is 3. The Hall–Kier alpha value is -2.92. The van der Waals surface area contributed by atoms with Gasteiger partial charge in [0.05, 0.1) is 16.6 Å². The summed E-state index contributed by atoms with van der Waals surface area (Å²) < 4.78 is 8.33. The lowest BCUT2D eigenvalue weighted by Crippen LogP contribution is -2.22. The smallest absolute Gasteiger partial charge is 0.265 e. The van der Waals surface area contributed by atoms with Gasteiger partial charge in [-0.05, 0) is 68.4 Å². The summed E-state index contributed by atoms with van der Waals surface area (Å²) >= 11 is 3.42. The molecule has 0 bridgehead atoms. The number of halogens is 1. The molecule has 0 N–H and O–H groups in total. The summed E-state index contributed by atoms with van der Waals surface area (Å²) in [6.45, 7) is 3.87. The SMILES string of the molecule is Cc1ccc(Oc2ccc(-n3c(C)nc4ccc(Br)cc4c3=O)cc2)cc1. The summed E-state index contributed by atoms with van der Waals surface area (Å²) in [5.41, 5.74) is 2.54. The number of hydrogen-bond donors (Lipinski definition) is 0. The lowest BCUT2D eigenvalue weighted by molar-refractivity contribution is 0.482. The van der Waals surface area contributed by atoms with Crippen LogP contribution in [-0.2, 0) is 0 Å². The molecule has 0 unspecified atom stereocenters. The van der Waals surface area contributed by atoms with Gasteiger partial charge in [0.25, 0.3) is 5.56 Å². The van der Waals surface area contributed by atoms with E-state index in [-0.39, 0.29) is 5.56 Å². The van der Waals surface area contributed by atoms with Crippen LogP contribution in [0.3, 0.4) is 0 Å². The van der Waals surface area contributed by atoms with Crippen LogP contribution >= 0.6 is 15.9 Å². The van der Waals surface area contributed by atoms with Crippen molar-refractivity contribution in [1.82, 2.24) is 9.55 Å². The Balaban J connectivity index is 1.71. The van der Waals surface area contributed by atoms with Crippen molar-refractivity contribution in [3.05, 3.63) is 92.9 Å². The molecule has 27 heavy (non-hydrogen) atoms. The summed E-state index contributed by atoms with van der Waals surface area (Å²) in [7, 11) is 0. The minimum Gasteiger partial charge on any atom is -0.457 e. The Labute approximate surface area is 165 Å². The van der Waals surface area contributed by atoms with E-state index < -0.39 is 0 Å². The van der Waals surface area contributed by atoms with Crippen molar-refractivity contribution in [1.29, 1.82) is 0 Å². The Morgan fingerprint density at radius 2 is 1.52 bits per heavy atom. The molecule has 4 nitrogen and oxygen atoms in total. The van der Waals surface area contributed by atoms with Crippen molar-refractivity contribution in [2.45, 2.75) is 13.8 Å². The van der Waals surface area contributed by atoms with Gasteiger partial charge in [0.2, 0.25) is 0 Å². The maximum absolute atomic E-state index is 13.0. The van der Waals surface area contributed by atoms with E-state index in [0.29, 0.717) is 22.5 Å². The molecule has 4 rings (SSSR count). The van der Waals surface area contributed by atoms with Crippen LogP contribution in [0.25, 0.3) is 16.6 Å². The molecule has 0 aliphatic carbocycles. The topological polar surface area (TPSA) is 44.1 Å². The maximum Gasteiger partial charge on any atom is 0.265 e. The number of rotatable bonds is 3. The van der Waals surface area contributed by atoms with E-state index in [2.05, 4.69) is 20.9 Å². The zero-order chi connectivity index (χ0) is 19.0. The highest BCUT2D eigenvalue weighted by Crippen LogP contribution is 2.23. The summed E-state index contributed by atoms with van der Waals surface area (Å²) in [5.74, 6) is 2.13. The monoisotopic (exact) mass is 420 g/mol. The van der Waals surface area contributed by atoms with Crippen molar-refractivity contribution in [2.75, 3.05) is 0 Å². The van der Waals surface area contributed by atoms with E-state index >= 15 is 0 Å². The molecule has 0 saturated carbocycles. The average molecular weight is 421 g/mol. The summed E-state index contributed by atoms with van der Waals surface area (Å²) in [6.07, 6.45) is 0. The summed E-state index contributed by atoms with van der Waals surface area (Å²) in [5, 5.41) is 0.579. The van der Waals surface area contributed by atoms with E-state index in [4.69, 9.17) is 4.74 Å². The zero-order valence-electron chi connectivity index (χ0n) is 14.9. The van der Waals surface area contributed by atoms with Crippen LogP contribution in [0.2, 0.25) is 0 Å². The molecule has 5 heteroatoms. The molecule has 1 heterocycles. The quantitative estimate of drug-likeness (QED) is 0.435. The van der Waals surface area contributed by atoms with Crippen molar-refractivity contribution >= 4 is 26.8 Å². The van der Waals surface area contributed by atoms with Gasteiger partial charge in [0.1, 0.15) is 17.3 Å². The summed E-state index contributed by atoms with van der Waals surface area (Å²) in [6, 6.07) is 20.8. The second-order valence-corrected chi connectivity index (χ2v) is 7.29. The van der Waals surface area contributed by atoms with Gasteiger partial charge >= 0.3 is 0 Å². The number of ether oxygens (including phenoxy) is 1. The van der Waals surface area contributed by atoms with Crippen LogP contribution in [0.4, 0.5) is 0 Å². The molecule has 0 aliphatic heterocycles. The van der Waals surface area contributed by atoms with Gasteiger partial charge in [-0.3, -0.25) is 9.36 Å². The van der Waals surface area contributed by atoms with Gasteiger partial charge in [0.15, 0.2) is 0 Å². The lowest BCUT2D eigenvalue weighted by Gasteiger charge is -2.12. The van der Waals surface area contributed by atoms with Gasteiger partial charge in [-0.1, -0.05) is 33.6 Å². The van der Waals surface area contributed by atoms with E-state index in [9.17, 15) is 4.79 Å². The minimum absolute atomic E-state index is 0.0917. The number of hydrogen-bond acceptors (Lipinski definition) is 3. The van der Waals surface area contributed by atoms with Crippen LogP contribution < -0.4 is 10.3 Å². The fourth-order valence-electron chi connectivity index (χ4n) is 2.98. The van der Waals surface area contributed by atoms with Gasteiger partial charge in [-0.2, -0.15) is 0 Å². The molecule has 0 spiro atoms. The molecule has 0 saturated heterocycles. The Bertz CT molecular complexity index is 1180. The molecular formula is C22H17BrN2O2.